The normalized spacial score (nSPS) is 16.5. The zero-order valence-electron chi connectivity index (χ0n) is 17.0. The topological polar surface area (TPSA) is 79.2 Å². The van der Waals surface area contributed by atoms with E-state index in [2.05, 4.69) is 11.4 Å². The smallest absolute Gasteiger partial charge is 0.336 e. The number of halogens is 1. The molecule has 1 aliphatic rings. The average molecular weight is 417 g/mol. The number of nitriles is 1. The molecule has 5 nitrogen and oxygen atoms in total. The van der Waals surface area contributed by atoms with Crippen molar-refractivity contribution in [3.8, 4) is 6.07 Å². The summed E-state index contributed by atoms with van der Waals surface area (Å²) < 4.78 is 18.3. The van der Waals surface area contributed by atoms with Crippen molar-refractivity contribution in [3.05, 3.63) is 57.5 Å². The van der Waals surface area contributed by atoms with E-state index in [-0.39, 0.29) is 30.0 Å². The minimum Gasteiger partial charge on any atom is -0.463 e. The van der Waals surface area contributed by atoms with E-state index < -0.39 is 11.8 Å². The summed E-state index contributed by atoms with van der Waals surface area (Å²) in [6.07, 6.45) is 0.617. The van der Waals surface area contributed by atoms with Crippen molar-refractivity contribution >= 4 is 23.5 Å². The van der Waals surface area contributed by atoms with E-state index in [1.54, 1.807) is 13.8 Å². The maximum atomic E-state index is 13.1. The quantitative estimate of drug-likeness (QED) is 0.494. The number of carbonyl (C=O) groups is 2. The zero-order chi connectivity index (χ0) is 21.6. The molecular formula is C22H25FN2O3S. The fourth-order valence-corrected chi connectivity index (χ4v) is 4.19. The Labute approximate surface area is 175 Å². The van der Waals surface area contributed by atoms with Crippen LogP contribution in [0.5, 0.6) is 0 Å². The number of ketones is 1. The van der Waals surface area contributed by atoms with Crippen LogP contribution in [0.2, 0.25) is 0 Å². The number of nitrogens with zero attached hydrogens (tertiary/aromatic N) is 1. The summed E-state index contributed by atoms with van der Waals surface area (Å²) in [7, 11) is 0. The highest BCUT2D eigenvalue weighted by molar-refractivity contribution is 8.03. The van der Waals surface area contributed by atoms with E-state index in [1.165, 1.54) is 36.0 Å². The van der Waals surface area contributed by atoms with Crippen LogP contribution in [0, 0.1) is 29.0 Å². The Morgan fingerprint density at radius 3 is 2.52 bits per heavy atom. The highest BCUT2D eigenvalue weighted by atomic mass is 32.2. The molecule has 0 amide bonds. The van der Waals surface area contributed by atoms with E-state index in [0.717, 1.165) is 0 Å². The van der Waals surface area contributed by atoms with E-state index in [4.69, 9.17) is 4.74 Å². The van der Waals surface area contributed by atoms with Crippen molar-refractivity contribution in [2.24, 2.45) is 11.8 Å². The van der Waals surface area contributed by atoms with Crippen LogP contribution in [0.4, 0.5) is 4.39 Å². The monoisotopic (exact) mass is 416 g/mol. The van der Waals surface area contributed by atoms with Gasteiger partial charge in [-0.1, -0.05) is 25.6 Å². The van der Waals surface area contributed by atoms with Gasteiger partial charge < -0.3 is 10.1 Å². The van der Waals surface area contributed by atoms with E-state index in [9.17, 15) is 19.2 Å². The van der Waals surface area contributed by atoms with Gasteiger partial charge in [-0.15, -0.1) is 0 Å². The minimum absolute atomic E-state index is 0.0928. The predicted molar refractivity (Wildman–Crippen MR) is 111 cm³/mol. The maximum absolute atomic E-state index is 13.1. The number of carbonyl (C=O) groups excluding carboxylic acids is 2. The molecule has 0 bridgehead atoms. The van der Waals surface area contributed by atoms with Crippen LogP contribution >= 0.6 is 11.8 Å². The van der Waals surface area contributed by atoms with Gasteiger partial charge in [0.1, 0.15) is 5.82 Å². The molecule has 0 radical (unpaired) electrons. The second-order valence-corrected chi connectivity index (χ2v) is 8.13. The Bertz CT molecular complexity index is 882. The van der Waals surface area contributed by atoms with Crippen molar-refractivity contribution in [3.63, 3.8) is 0 Å². The number of hydrogen-bond acceptors (Lipinski definition) is 6. The van der Waals surface area contributed by atoms with Crippen LogP contribution in [-0.2, 0) is 9.53 Å². The summed E-state index contributed by atoms with van der Waals surface area (Å²) in [5, 5.41) is 13.5. The molecule has 0 fully saturated rings. The molecule has 1 N–H and O–H groups in total. The number of rotatable bonds is 8. The maximum Gasteiger partial charge on any atom is 0.336 e. The molecule has 1 aliphatic heterocycles. The van der Waals surface area contributed by atoms with Gasteiger partial charge in [0.15, 0.2) is 5.78 Å². The number of hydrogen-bond donors (Lipinski definition) is 1. The Morgan fingerprint density at radius 2 is 1.97 bits per heavy atom. The number of nitrogens with one attached hydrogen (secondary N) is 1. The number of allylic oxidation sites excluding steroid dienone is 2. The molecule has 154 valence electrons. The molecule has 1 aromatic rings. The van der Waals surface area contributed by atoms with E-state index >= 15 is 0 Å². The lowest BCUT2D eigenvalue weighted by molar-refractivity contribution is -0.139. The van der Waals surface area contributed by atoms with Crippen molar-refractivity contribution in [1.82, 2.24) is 5.32 Å². The average Bonchev–Trinajstić information content (AvgIpc) is 2.66. The SMILES string of the molecule is CCOC(=O)C1=C(C)NC(SCC(=O)c2ccc(F)cc2)=C(C#N)[C@H]1CC(C)C. The van der Waals surface area contributed by atoms with Gasteiger partial charge in [-0.2, -0.15) is 5.26 Å². The summed E-state index contributed by atoms with van der Waals surface area (Å²) in [5.74, 6) is -1.03. The van der Waals surface area contributed by atoms with Crippen LogP contribution < -0.4 is 5.32 Å². The van der Waals surface area contributed by atoms with Crippen LogP contribution in [0.3, 0.4) is 0 Å². The van der Waals surface area contributed by atoms with Crippen molar-refractivity contribution in [2.45, 2.75) is 34.1 Å². The fraction of sp³-hybridized carbons (Fsp3) is 0.409. The van der Waals surface area contributed by atoms with E-state index in [1.807, 2.05) is 13.8 Å². The minimum atomic E-state index is -0.428. The highest BCUT2D eigenvalue weighted by Gasteiger charge is 2.34. The summed E-state index contributed by atoms with van der Waals surface area (Å²) in [6, 6.07) is 7.59. The second kappa shape index (κ2) is 10.3. The third-order valence-corrected chi connectivity index (χ3v) is 5.50. The fourth-order valence-electron chi connectivity index (χ4n) is 3.18. The summed E-state index contributed by atoms with van der Waals surface area (Å²) >= 11 is 1.22. The van der Waals surface area contributed by atoms with Crippen LogP contribution in [0.15, 0.2) is 46.1 Å². The molecular weight excluding hydrogens is 391 g/mol. The van der Waals surface area contributed by atoms with Gasteiger partial charge in [0.25, 0.3) is 0 Å². The summed E-state index contributed by atoms with van der Waals surface area (Å²) in [4.78, 5) is 24.9. The molecule has 1 aromatic carbocycles. The third kappa shape index (κ3) is 5.70. The van der Waals surface area contributed by atoms with Gasteiger partial charge in [0.05, 0.1) is 34.6 Å². The first-order valence-electron chi connectivity index (χ1n) is 9.49. The van der Waals surface area contributed by atoms with Gasteiger partial charge >= 0.3 is 5.97 Å². The third-order valence-electron chi connectivity index (χ3n) is 4.48. The highest BCUT2D eigenvalue weighted by Crippen LogP contribution is 2.38. The number of ether oxygens (including phenoxy) is 1. The van der Waals surface area contributed by atoms with Crippen molar-refractivity contribution < 1.29 is 18.7 Å². The van der Waals surface area contributed by atoms with Crippen LogP contribution in [-0.4, -0.2) is 24.1 Å². The Hall–Kier alpha value is -2.59. The Balaban J connectivity index is 2.28. The number of esters is 1. The Kier molecular flexibility index (Phi) is 8.03. The lowest BCUT2D eigenvalue weighted by Gasteiger charge is -2.29. The van der Waals surface area contributed by atoms with Gasteiger partial charge in [0, 0.05) is 17.2 Å². The number of benzene rings is 1. The molecule has 0 spiro atoms. The number of Topliss-reactive ketones (excluding diaryl/α,β-unsaturated/α-hetero) is 1. The number of dihydropyridines is 1. The molecule has 0 aromatic heterocycles. The lowest BCUT2D eigenvalue weighted by atomic mass is 9.82. The molecule has 0 saturated carbocycles. The van der Waals surface area contributed by atoms with Gasteiger partial charge in [-0.05, 0) is 50.5 Å². The molecule has 7 heteroatoms. The first kappa shape index (κ1) is 22.7. The van der Waals surface area contributed by atoms with Gasteiger partial charge in [-0.25, -0.2) is 9.18 Å². The van der Waals surface area contributed by atoms with Gasteiger partial charge in [-0.3, -0.25) is 4.79 Å². The lowest BCUT2D eigenvalue weighted by Crippen LogP contribution is -2.31. The van der Waals surface area contributed by atoms with Crippen LogP contribution in [0.1, 0.15) is 44.5 Å². The summed E-state index contributed by atoms with van der Waals surface area (Å²) in [5.41, 5.74) is 1.94. The molecule has 2 rings (SSSR count). The van der Waals surface area contributed by atoms with Crippen molar-refractivity contribution in [1.29, 1.82) is 5.26 Å². The van der Waals surface area contributed by atoms with Crippen LogP contribution in [0.25, 0.3) is 0 Å². The predicted octanol–water partition coefficient (Wildman–Crippen LogP) is 4.58. The zero-order valence-corrected chi connectivity index (χ0v) is 17.9. The molecule has 29 heavy (non-hydrogen) atoms. The Morgan fingerprint density at radius 1 is 1.31 bits per heavy atom. The molecule has 0 aliphatic carbocycles. The largest absolute Gasteiger partial charge is 0.463 e. The standard InChI is InChI=1S/C22H25FN2O3S/c1-5-28-22(27)20-14(4)25-21(18(11-24)17(20)10-13(2)3)29-12-19(26)15-6-8-16(23)9-7-15/h6-9,13,17,25H,5,10,12H2,1-4H3/t17-/m1/s1. The summed E-state index contributed by atoms with van der Waals surface area (Å²) in [6.45, 7) is 7.82. The second-order valence-electron chi connectivity index (χ2n) is 7.14. The molecule has 1 atom stereocenters. The van der Waals surface area contributed by atoms with E-state index in [0.29, 0.717) is 33.9 Å². The number of thioether (sulfide) groups is 1. The molecule has 1 heterocycles. The molecule has 0 saturated heterocycles. The van der Waals surface area contributed by atoms with Gasteiger partial charge in [0.2, 0.25) is 0 Å². The van der Waals surface area contributed by atoms with Crippen molar-refractivity contribution in [2.75, 3.05) is 12.4 Å². The first-order valence-corrected chi connectivity index (χ1v) is 10.5. The first-order chi connectivity index (χ1) is 13.8. The molecule has 0 unspecified atom stereocenters.